The van der Waals surface area contributed by atoms with Gasteiger partial charge >= 0.3 is 0 Å². The molecule has 62 valence electrons. The van der Waals surface area contributed by atoms with Gasteiger partial charge in [-0.2, -0.15) is 0 Å². The molecule has 2 heteroatoms. The highest BCUT2D eigenvalue weighted by Crippen LogP contribution is 2.37. The fourth-order valence-electron chi connectivity index (χ4n) is 1.46. The summed E-state index contributed by atoms with van der Waals surface area (Å²) in [6.07, 6.45) is 1.79. The third-order valence-corrected chi connectivity index (χ3v) is 2.20. The van der Waals surface area contributed by atoms with Gasteiger partial charge in [-0.3, -0.25) is 4.99 Å². The van der Waals surface area contributed by atoms with Crippen LogP contribution in [0, 0.1) is 5.82 Å². The first-order chi connectivity index (χ1) is 5.61. The second kappa shape index (κ2) is 2.16. The molecule has 0 aliphatic carbocycles. The Labute approximate surface area is 70.9 Å². The van der Waals surface area contributed by atoms with Crippen LogP contribution in [0.4, 0.5) is 10.1 Å². The summed E-state index contributed by atoms with van der Waals surface area (Å²) in [7, 11) is 0. The lowest BCUT2D eigenvalue weighted by Crippen LogP contribution is -2.14. The molecule has 1 heterocycles. The Bertz CT molecular complexity index is 353. The zero-order valence-electron chi connectivity index (χ0n) is 7.13. The fourth-order valence-corrected chi connectivity index (χ4v) is 1.46. The van der Waals surface area contributed by atoms with Gasteiger partial charge in [-0.1, -0.05) is 26.0 Å². The van der Waals surface area contributed by atoms with Crippen molar-refractivity contribution in [1.82, 2.24) is 0 Å². The number of para-hydroxylation sites is 1. The molecule has 1 aliphatic rings. The van der Waals surface area contributed by atoms with Gasteiger partial charge in [-0.05, 0) is 11.6 Å². The Morgan fingerprint density at radius 2 is 2.08 bits per heavy atom. The molecule has 0 unspecified atom stereocenters. The first-order valence-corrected chi connectivity index (χ1v) is 3.95. The van der Waals surface area contributed by atoms with E-state index in [1.165, 1.54) is 6.07 Å². The molecule has 0 saturated carbocycles. The van der Waals surface area contributed by atoms with Crippen molar-refractivity contribution in [1.29, 1.82) is 0 Å². The lowest BCUT2D eigenvalue weighted by atomic mass is 9.87. The van der Waals surface area contributed by atoms with Gasteiger partial charge in [-0.15, -0.1) is 0 Å². The molecule has 0 amide bonds. The Hall–Kier alpha value is -1.18. The lowest BCUT2D eigenvalue weighted by molar-refractivity contribution is 0.626. The van der Waals surface area contributed by atoms with Crippen molar-refractivity contribution >= 4 is 11.9 Å². The summed E-state index contributed by atoms with van der Waals surface area (Å²) >= 11 is 0. The van der Waals surface area contributed by atoms with E-state index in [-0.39, 0.29) is 11.2 Å². The number of fused-ring (bicyclic) bond motifs is 1. The maximum Gasteiger partial charge on any atom is 0.149 e. The molecule has 0 N–H and O–H groups in total. The minimum atomic E-state index is -0.227. The van der Waals surface area contributed by atoms with Crippen LogP contribution < -0.4 is 0 Å². The number of rotatable bonds is 0. The molecule has 1 aromatic carbocycles. The summed E-state index contributed by atoms with van der Waals surface area (Å²) in [5, 5.41) is 0. The van der Waals surface area contributed by atoms with Crippen molar-refractivity contribution in [3.63, 3.8) is 0 Å². The highest BCUT2D eigenvalue weighted by molar-refractivity contribution is 5.84. The summed E-state index contributed by atoms with van der Waals surface area (Å²) in [6.45, 7) is 4.06. The monoisotopic (exact) mass is 163 g/mol. The number of hydrogen-bond acceptors (Lipinski definition) is 1. The summed E-state index contributed by atoms with van der Waals surface area (Å²) < 4.78 is 13.1. The van der Waals surface area contributed by atoms with Gasteiger partial charge in [0.05, 0.1) is 0 Å². The van der Waals surface area contributed by atoms with E-state index in [9.17, 15) is 4.39 Å². The number of aliphatic imine (C=N–C) groups is 1. The second-order valence-corrected chi connectivity index (χ2v) is 3.62. The van der Waals surface area contributed by atoms with Crippen molar-refractivity contribution in [2.45, 2.75) is 19.3 Å². The Balaban J connectivity index is 2.68. The molecule has 0 spiro atoms. The molecule has 12 heavy (non-hydrogen) atoms. The van der Waals surface area contributed by atoms with Crippen molar-refractivity contribution in [3.8, 4) is 0 Å². The third-order valence-electron chi connectivity index (χ3n) is 2.20. The quantitative estimate of drug-likeness (QED) is 0.557. The van der Waals surface area contributed by atoms with Crippen LogP contribution in [0.1, 0.15) is 19.4 Å². The zero-order chi connectivity index (χ0) is 8.77. The summed E-state index contributed by atoms with van der Waals surface area (Å²) in [5.41, 5.74) is 1.36. The largest absolute Gasteiger partial charge is 0.257 e. The highest BCUT2D eigenvalue weighted by atomic mass is 19.1. The fraction of sp³-hybridized carbons (Fsp3) is 0.300. The number of halogens is 1. The van der Waals surface area contributed by atoms with Gasteiger partial charge in [0.15, 0.2) is 0 Å². The van der Waals surface area contributed by atoms with E-state index < -0.39 is 0 Å². The van der Waals surface area contributed by atoms with Gasteiger partial charge in [0.2, 0.25) is 0 Å². The van der Waals surface area contributed by atoms with Crippen molar-refractivity contribution < 1.29 is 4.39 Å². The number of hydrogen-bond donors (Lipinski definition) is 0. The van der Waals surface area contributed by atoms with Crippen molar-refractivity contribution in [2.75, 3.05) is 0 Å². The van der Waals surface area contributed by atoms with Crippen LogP contribution in [-0.4, -0.2) is 6.21 Å². The van der Waals surface area contributed by atoms with Gasteiger partial charge < -0.3 is 0 Å². The molecular weight excluding hydrogens is 153 g/mol. The topological polar surface area (TPSA) is 12.4 Å². The lowest BCUT2D eigenvalue weighted by Gasteiger charge is -2.14. The van der Waals surface area contributed by atoms with Gasteiger partial charge in [-0.25, -0.2) is 4.39 Å². The molecule has 0 saturated heterocycles. The third kappa shape index (κ3) is 0.876. The molecule has 2 rings (SSSR count). The van der Waals surface area contributed by atoms with Crippen LogP contribution in [0.25, 0.3) is 0 Å². The Kier molecular flexibility index (Phi) is 1.34. The first kappa shape index (κ1) is 7.47. The summed E-state index contributed by atoms with van der Waals surface area (Å²) in [6, 6.07) is 5.09. The van der Waals surface area contributed by atoms with Crippen LogP contribution in [-0.2, 0) is 5.41 Å². The van der Waals surface area contributed by atoms with E-state index in [0.29, 0.717) is 5.69 Å². The van der Waals surface area contributed by atoms with Crippen LogP contribution in [0.2, 0.25) is 0 Å². The van der Waals surface area contributed by atoms with Gasteiger partial charge in [0.25, 0.3) is 0 Å². The number of benzene rings is 1. The van der Waals surface area contributed by atoms with E-state index in [0.717, 1.165) is 5.56 Å². The Morgan fingerprint density at radius 3 is 2.75 bits per heavy atom. The minimum Gasteiger partial charge on any atom is -0.257 e. The molecule has 0 bridgehead atoms. The van der Waals surface area contributed by atoms with E-state index in [2.05, 4.69) is 4.99 Å². The average Bonchev–Trinajstić information content (AvgIpc) is 2.30. The normalized spacial score (nSPS) is 17.9. The van der Waals surface area contributed by atoms with Gasteiger partial charge in [0, 0.05) is 11.6 Å². The molecule has 0 aromatic heterocycles. The summed E-state index contributed by atoms with van der Waals surface area (Å²) in [4.78, 5) is 4.05. The molecule has 1 aromatic rings. The van der Waals surface area contributed by atoms with E-state index in [4.69, 9.17) is 0 Å². The standard InChI is InChI=1S/C10H10FN/c1-10(2)6-12-9-7(10)4-3-5-8(9)11/h3-6H,1-2H3. The van der Waals surface area contributed by atoms with Crippen LogP contribution in [0.5, 0.6) is 0 Å². The molecule has 0 radical (unpaired) electrons. The Morgan fingerprint density at radius 1 is 1.33 bits per heavy atom. The van der Waals surface area contributed by atoms with Crippen molar-refractivity contribution in [3.05, 3.63) is 29.6 Å². The van der Waals surface area contributed by atoms with E-state index in [1.807, 2.05) is 19.9 Å². The molecule has 1 nitrogen and oxygen atoms in total. The predicted octanol–water partition coefficient (Wildman–Crippen LogP) is 2.82. The average molecular weight is 163 g/mol. The van der Waals surface area contributed by atoms with Crippen LogP contribution >= 0.6 is 0 Å². The molecule has 0 atom stereocenters. The SMILES string of the molecule is CC1(C)C=Nc2c(F)cccc21. The minimum absolute atomic E-state index is 0.114. The molecule has 1 aliphatic heterocycles. The smallest absolute Gasteiger partial charge is 0.149 e. The molecule has 0 fully saturated rings. The van der Waals surface area contributed by atoms with Crippen molar-refractivity contribution in [2.24, 2.45) is 4.99 Å². The van der Waals surface area contributed by atoms with E-state index in [1.54, 1.807) is 12.3 Å². The van der Waals surface area contributed by atoms with Crippen LogP contribution in [0.15, 0.2) is 23.2 Å². The number of nitrogens with zero attached hydrogens (tertiary/aromatic N) is 1. The van der Waals surface area contributed by atoms with Crippen LogP contribution in [0.3, 0.4) is 0 Å². The second-order valence-electron chi connectivity index (χ2n) is 3.62. The van der Waals surface area contributed by atoms with E-state index >= 15 is 0 Å². The highest BCUT2D eigenvalue weighted by Gasteiger charge is 2.27. The maximum atomic E-state index is 13.1. The predicted molar refractivity (Wildman–Crippen MR) is 47.6 cm³/mol. The van der Waals surface area contributed by atoms with Gasteiger partial charge in [0.1, 0.15) is 11.5 Å². The summed E-state index contributed by atoms with van der Waals surface area (Å²) in [5.74, 6) is -0.227. The zero-order valence-corrected chi connectivity index (χ0v) is 7.13. The molecular formula is C10H10FN. The first-order valence-electron chi connectivity index (χ1n) is 3.95. The maximum absolute atomic E-state index is 13.1.